The molecule has 1 saturated carbocycles. The highest BCUT2D eigenvalue weighted by atomic mass is 16.5. The summed E-state index contributed by atoms with van der Waals surface area (Å²) in [5.74, 6) is 0.152. The third-order valence-corrected chi connectivity index (χ3v) is 2.54. The van der Waals surface area contributed by atoms with Crippen molar-refractivity contribution < 1.29 is 9.53 Å². The zero-order chi connectivity index (χ0) is 9.80. The topological polar surface area (TPSA) is 67.9 Å². The van der Waals surface area contributed by atoms with Gasteiger partial charge in [0.15, 0.2) is 0 Å². The number of aromatic nitrogens is 3. The minimum absolute atomic E-state index is 0.0560. The molecule has 0 spiro atoms. The fourth-order valence-corrected chi connectivity index (χ4v) is 1.76. The minimum Gasteiger partial charge on any atom is -0.404 e. The smallest absolute Gasteiger partial charge is 0.315 e. The van der Waals surface area contributed by atoms with Gasteiger partial charge in [0.05, 0.1) is 5.92 Å². The summed E-state index contributed by atoms with van der Waals surface area (Å²) in [4.78, 5) is 11.6. The van der Waals surface area contributed by atoms with E-state index in [9.17, 15) is 4.79 Å². The van der Waals surface area contributed by atoms with Crippen LogP contribution in [0.3, 0.4) is 0 Å². The van der Waals surface area contributed by atoms with Gasteiger partial charge in [0.25, 0.3) is 5.88 Å². The number of H-pyrrole nitrogens is 1. The Hall–Kier alpha value is -1.39. The van der Waals surface area contributed by atoms with Gasteiger partial charge in [-0.3, -0.25) is 4.79 Å². The van der Waals surface area contributed by atoms with Crippen LogP contribution >= 0.6 is 0 Å². The average Bonchev–Trinajstić information content (AvgIpc) is 2.72. The lowest BCUT2D eigenvalue weighted by Gasteiger charge is -2.18. The number of hydrogen-bond donors (Lipinski definition) is 1. The van der Waals surface area contributed by atoms with Crippen molar-refractivity contribution in [3.8, 4) is 5.88 Å². The molecule has 1 aromatic rings. The van der Waals surface area contributed by atoms with E-state index in [0.29, 0.717) is 0 Å². The van der Waals surface area contributed by atoms with Crippen LogP contribution in [0.25, 0.3) is 0 Å². The molecule has 5 heteroatoms. The highest BCUT2D eigenvalue weighted by molar-refractivity contribution is 5.74. The molecule has 0 amide bonds. The van der Waals surface area contributed by atoms with Crippen LogP contribution in [0.5, 0.6) is 5.88 Å². The molecular formula is C9H13N3O2. The van der Waals surface area contributed by atoms with Gasteiger partial charge in [-0.05, 0) is 12.8 Å². The number of aromatic amines is 1. The van der Waals surface area contributed by atoms with Gasteiger partial charge in [-0.1, -0.05) is 19.3 Å². The van der Waals surface area contributed by atoms with Crippen LogP contribution in [-0.2, 0) is 4.79 Å². The summed E-state index contributed by atoms with van der Waals surface area (Å²) in [7, 11) is 0. The molecule has 1 aliphatic rings. The molecule has 0 atom stereocenters. The van der Waals surface area contributed by atoms with E-state index in [1.165, 1.54) is 12.6 Å². The van der Waals surface area contributed by atoms with Crippen molar-refractivity contribution in [2.75, 3.05) is 0 Å². The lowest BCUT2D eigenvalue weighted by Crippen LogP contribution is -2.22. The zero-order valence-electron chi connectivity index (χ0n) is 7.90. The molecule has 0 bridgehead atoms. The molecule has 1 aliphatic carbocycles. The SMILES string of the molecule is O=C(Oc1cn[nH]n1)C1CCCCC1. The normalized spacial score (nSPS) is 18.0. The van der Waals surface area contributed by atoms with Gasteiger partial charge in [-0.15, -0.1) is 5.10 Å². The number of carbonyl (C=O) groups is 1. The molecule has 1 heterocycles. The summed E-state index contributed by atoms with van der Waals surface area (Å²) in [6, 6.07) is 0. The van der Waals surface area contributed by atoms with Crippen molar-refractivity contribution in [1.29, 1.82) is 0 Å². The molecule has 0 unspecified atom stereocenters. The molecule has 1 fully saturated rings. The largest absolute Gasteiger partial charge is 0.404 e. The van der Waals surface area contributed by atoms with Crippen molar-refractivity contribution in [2.24, 2.45) is 5.92 Å². The maximum absolute atomic E-state index is 11.6. The maximum atomic E-state index is 11.6. The third kappa shape index (κ3) is 2.10. The van der Waals surface area contributed by atoms with E-state index in [1.807, 2.05) is 0 Å². The van der Waals surface area contributed by atoms with Gasteiger partial charge in [0.2, 0.25) is 0 Å². The van der Waals surface area contributed by atoms with Gasteiger partial charge >= 0.3 is 5.97 Å². The summed E-state index contributed by atoms with van der Waals surface area (Å²) in [5.41, 5.74) is 0. The lowest BCUT2D eigenvalue weighted by molar-refractivity contribution is -0.140. The number of rotatable bonds is 2. The summed E-state index contributed by atoms with van der Waals surface area (Å²) in [5, 5.41) is 9.64. The molecule has 0 aromatic carbocycles. The molecule has 0 aliphatic heterocycles. The highest BCUT2D eigenvalue weighted by Gasteiger charge is 2.23. The van der Waals surface area contributed by atoms with Gasteiger partial charge in [0, 0.05) is 0 Å². The average molecular weight is 195 g/mol. The monoisotopic (exact) mass is 195 g/mol. The number of esters is 1. The Morgan fingerprint density at radius 3 is 2.86 bits per heavy atom. The van der Waals surface area contributed by atoms with E-state index in [-0.39, 0.29) is 17.8 Å². The summed E-state index contributed by atoms with van der Waals surface area (Å²) >= 11 is 0. The predicted octanol–water partition coefficient (Wildman–Crippen LogP) is 1.29. The fourth-order valence-electron chi connectivity index (χ4n) is 1.76. The second-order valence-corrected chi connectivity index (χ2v) is 3.56. The van der Waals surface area contributed by atoms with Crippen LogP contribution in [0.15, 0.2) is 6.20 Å². The lowest BCUT2D eigenvalue weighted by atomic mass is 9.89. The Labute approximate surface area is 81.8 Å². The Kier molecular flexibility index (Phi) is 2.76. The van der Waals surface area contributed by atoms with Gasteiger partial charge < -0.3 is 4.74 Å². The second kappa shape index (κ2) is 4.21. The van der Waals surface area contributed by atoms with Crippen molar-refractivity contribution in [2.45, 2.75) is 32.1 Å². The van der Waals surface area contributed by atoms with Crippen molar-refractivity contribution in [3.05, 3.63) is 6.20 Å². The summed E-state index contributed by atoms with van der Waals surface area (Å²) in [6.45, 7) is 0. The number of nitrogens with zero attached hydrogens (tertiary/aromatic N) is 2. The van der Waals surface area contributed by atoms with Crippen LogP contribution in [-0.4, -0.2) is 21.4 Å². The van der Waals surface area contributed by atoms with Crippen LogP contribution in [0, 0.1) is 5.92 Å². The van der Waals surface area contributed by atoms with Crippen molar-refractivity contribution in [3.63, 3.8) is 0 Å². The predicted molar refractivity (Wildman–Crippen MR) is 48.6 cm³/mol. The molecule has 76 valence electrons. The van der Waals surface area contributed by atoms with Crippen LogP contribution in [0.4, 0.5) is 0 Å². The molecule has 0 radical (unpaired) electrons. The number of nitrogens with one attached hydrogen (secondary N) is 1. The number of carbonyl (C=O) groups excluding carboxylic acids is 1. The first-order valence-corrected chi connectivity index (χ1v) is 4.94. The first-order chi connectivity index (χ1) is 6.86. The van der Waals surface area contributed by atoms with E-state index in [4.69, 9.17) is 4.74 Å². The van der Waals surface area contributed by atoms with E-state index < -0.39 is 0 Å². The summed E-state index contributed by atoms with van der Waals surface area (Å²) < 4.78 is 5.05. The molecule has 14 heavy (non-hydrogen) atoms. The minimum atomic E-state index is -0.168. The molecule has 1 aromatic heterocycles. The van der Waals surface area contributed by atoms with E-state index >= 15 is 0 Å². The first-order valence-electron chi connectivity index (χ1n) is 4.94. The Balaban J connectivity index is 1.88. The van der Waals surface area contributed by atoms with E-state index in [2.05, 4.69) is 15.4 Å². The molecular weight excluding hydrogens is 182 g/mol. The highest BCUT2D eigenvalue weighted by Crippen LogP contribution is 2.24. The Bertz CT molecular complexity index is 291. The quantitative estimate of drug-likeness (QED) is 0.722. The van der Waals surface area contributed by atoms with E-state index in [1.54, 1.807) is 0 Å². The van der Waals surface area contributed by atoms with Crippen LogP contribution in [0.1, 0.15) is 32.1 Å². The molecule has 5 nitrogen and oxygen atoms in total. The standard InChI is InChI=1S/C9H13N3O2/c13-9(7-4-2-1-3-5-7)14-8-6-10-12-11-8/h6-7H,1-5H2,(H,10,11,12). The number of hydrogen-bond acceptors (Lipinski definition) is 4. The van der Waals surface area contributed by atoms with Crippen molar-refractivity contribution in [1.82, 2.24) is 15.4 Å². The van der Waals surface area contributed by atoms with Crippen LogP contribution in [0.2, 0.25) is 0 Å². The fraction of sp³-hybridized carbons (Fsp3) is 0.667. The maximum Gasteiger partial charge on any atom is 0.315 e. The van der Waals surface area contributed by atoms with Crippen LogP contribution < -0.4 is 4.74 Å². The van der Waals surface area contributed by atoms with Gasteiger partial charge in [-0.25, -0.2) is 0 Å². The van der Waals surface area contributed by atoms with Gasteiger partial charge in [0.1, 0.15) is 6.20 Å². The third-order valence-electron chi connectivity index (χ3n) is 2.54. The van der Waals surface area contributed by atoms with E-state index in [0.717, 1.165) is 25.7 Å². The van der Waals surface area contributed by atoms with Gasteiger partial charge in [-0.2, -0.15) is 10.3 Å². The van der Waals surface area contributed by atoms with Crippen molar-refractivity contribution >= 4 is 5.97 Å². The summed E-state index contributed by atoms with van der Waals surface area (Å²) in [6.07, 6.45) is 6.76. The number of ether oxygens (including phenoxy) is 1. The molecule has 0 saturated heterocycles. The Morgan fingerprint density at radius 1 is 1.43 bits per heavy atom. The Morgan fingerprint density at radius 2 is 2.21 bits per heavy atom. The zero-order valence-corrected chi connectivity index (χ0v) is 7.90. The molecule has 2 rings (SSSR count). The second-order valence-electron chi connectivity index (χ2n) is 3.56. The first kappa shape index (κ1) is 9.18. The molecule has 1 N–H and O–H groups in total.